The van der Waals surface area contributed by atoms with Gasteiger partial charge in [-0.2, -0.15) is 5.10 Å². The first kappa shape index (κ1) is 12.5. The van der Waals surface area contributed by atoms with Crippen molar-refractivity contribution in [1.82, 2.24) is 15.2 Å². The van der Waals surface area contributed by atoms with E-state index in [4.69, 9.17) is 0 Å². The van der Waals surface area contributed by atoms with Gasteiger partial charge >= 0.3 is 0 Å². The van der Waals surface area contributed by atoms with Crippen LogP contribution in [-0.2, 0) is 12.8 Å². The molecule has 0 aliphatic carbocycles. The molecule has 2 aromatic rings. The van der Waals surface area contributed by atoms with Gasteiger partial charge in [0.15, 0.2) is 0 Å². The van der Waals surface area contributed by atoms with Crippen LogP contribution < -0.4 is 0 Å². The number of hydrogen-bond acceptors (Lipinski definition) is 3. The predicted octanol–water partition coefficient (Wildman–Crippen LogP) is 2.57. The number of carbonyl (C=O) groups is 1. The molecule has 4 nitrogen and oxygen atoms in total. The number of hydrogen-bond donors (Lipinski definition) is 1. The highest BCUT2D eigenvalue weighted by Crippen LogP contribution is 2.05. The number of aryl methyl sites for hydroxylation is 1. The average Bonchev–Trinajstić information content (AvgIpc) is 2.86. The highest BCUT2D eigenvalue weighted by Gasteiger charge is 2.12. The monoisotopic (exact) mass is 243 g/mol. The lowest BCUT2D eigenvalue weighted by Crippen LogP contribution is -2.05. The Morgan fingerprint density at radius 1 is 1.28 bits per heavy atom. The van der Waals surface area contributed by atoms with Gasteiger partial charge in [-0.15, -0.1) is 0 Å². The molecule has 18 heavy (non-hydrogen) atoms. The van der Waals surface area contributed by atoms with Gasteiger partial charge in [0.05, 0.1) is 0 Å². The number of Topliss-reactive ketones (excluding diaryl/α,β-unsaturated/α-hetero) is 1. The number of carbonyl (C=O) groups excluding carboxylic acids is 1. The van der Waals surface area contributed by atoms with Crippen LogP contribution in [0.1, 0.15) is 41.8 Å². The number of nitrogens with zero attached hydrogens (tertiary/aromatic N) is 2. The van der Waals surface area contributed by atoms with Gasteiger partial charge in [-0.25, -0.2) is 4.98 Å². The van der Waals surface area contributed by atoms with Crippen LogP contribution in [0.25, 0.3) is 0 Å². The number of rotatable bonds is 6. The summed E-state index contributed by atoms with van der Waals surface area (Å²) < 4.78 is 0. The van der Waals surface area contributed by atoms with Gasteiger partial charge in [0.25, 0.3) is 0 Å². The Balaban J connectivity index is 1.99. The highest BCUT2D eigenvalue weighted by molar-refractivity contribution is 5.93. The summed E-state index contributed by atoms with van der Waals surface area (Å²) in [6, 6.07) is 9.65. The van der Waals surface area contributed by atoms with Crippen LogP contribution >= 0.6 is 0 Å². The fraction of sp³-hybridized carbons (Fsp3) is 0.357. The molecule has 0 spiro atoms. The second-order valence-electron chi connectivity index (χ2n) is 4.29. The van der Waals surface area contributed by atoms with E-state index in [9.17, 15) is 4.79 Å². The number of nitrogens with one attached hydrogen (secondary N) is 1. The van der Waals surface area contributed by atoms with E-state index in [1.165, 1.54) is 0 Å². The van der Waals surface area contributed by atoms with E-state index in [1.807, 2.05) is 30.3 Å². The lowest BCUT2D eigenvalue weighted by Gasteiger charge is -1.96. The lowest BCUT2D eigenvalue weighted by atomic mass is 10.1. The highest BCUT2D eigenvalue weighted by atomic mass is 16.1. The summed E-state index contributed by atoms with van der Waals surface area (Å²) in [5.41, 5.74) is 0.988. The van der Waals surface area contributed by atoms with Crippen LogP contribution in [0.2, 0.25) is 0 Å². The minimum absolute atomic E-state index is 0.0415. The van der Waals surface area contributed by atoms with E-state index in [2.05, 4.69) is 22.1 Å². The van der Waals surface area contributed by atoms with Crippen molar-refractivity contribution < 1.29 is 4.79 Å². The topological polar surface area (TPSA) is 58.6 Å². The number of aromatic amines is 1. The fourth-order valence-corrected chi connectivity index (χ4v) is 1.74. The summed E-state index contributed by atoms with van der Waals surface area (Å²) in [6.45, 7) is 2.12. The molecule has 0 unspecified atom stereocenters. The summed E-state index contributed by atoms with van der Waals surface area (Å²) >= 11 is 0. The number of ketones is 1. The Bertz CT molecular complexity index is 505. The van der Waals surface area contributed by atoms with Crippen molar-refractivity contribution in [3.05, 3.63) is 47.5 Å². The van der Waals surface area contributed by atoms with Crippen molar-refractivity contribution in [1.29, 1.82) is 0 Å². The van der Waals surface area contributed by atoms with E-state index >= 15 is 0 Å². The van der Waals surface area contributed by atoms with Crippen LogP contribution in [0.4, 0.5) is 0 Å². The second-order valence-corrected chi connectivity index (χ2v) is 4.29. The van der Waals surface area contributed by atoms with Crippen LogP contribution in [0, 0.1) is 0 Å². The maximum absolute atomic E-state index is 12.0. The largest absolute Gasteiger partial charge is 0.290 e. The molecule has 1 aromatic heterocycles. The number of aromatic nitrogens is 3. The number of unbranched alkanes of at least 4 members (excludes halogenated alkanes) is 1. The van der Waals surface area contributed by atoms with Crippen molar-refractivity contribution in [3.8, 4) is 0 Å². The minimum Gasteiger partial charge on any atom is -0.290 e. The van der Waals surface area contributed by atoms with Crippen molar-refractivity contribution in [3.63, 3.8) is 0 Å². The Labute approximate surface area is 106 Å². The Hall–Kier alpha value is -1.97. The standard InChI is InChI=1S/C14H17N3O/c1-2-3-9-13-15-14(17-16-13)12(18)10-11-7-5-4-6-8-11/h4-8H,2-3,9-10H2,1H3,(H,15,16,17). The first-order chi connectivity index (χ1) is 8.79. The zero-order chi connectivity index (χ0) is 12.8. The first-order valence-electron chi connectivity index (χ1n) is 6.28. The van der Waals surface area contributed by atoms with Gasteiger partial charge in [-0.3, -0.25) is 9.89 Å². The zero-order valence-electron chi connectivity index (χ0n) is 10.5. The van der Waals surface area contributed by atoms with Gasteiger partial charge in [-0.05, 0) is 12.0 Å². The summed E-state index contributed by atoms with van der Waals surface area (Å²) in [7, 11) is 0. The molecule has 0 saturated carbocycles. The van der Waals surface area contributed by atoms with Crippen molar-refractivity contribution in [2.75, 3.05) is 0 Å². The third kappa shape index (κ3) is 3.26. The SMILES string of the molecule is CCCCc1nc(C(=O)Cc2ccccc2)n[nH]1. The first-order valence-corrected chi connectivity index (χ1v) is 6.28. The molecule has 0 bridgehead atoms. The zero-order valence-corrected chi connectivity index (χ0v) is 10.5. The van der Waals surface area contributed by atoms with E-state index < -0.39 is 0 Å². The van der Waals surface area contributed by atoms with Crippen LogP contribution in [0.15, 0.2) is 30.3 Å². The van der Waals surface area contributed by atoms with E-state index in [0.29, 0.717) is 12.2 Å². The van der Waals surface area contributed by atoms with Gasteiger partial charge in [0.2, 0.25) is 11.6 Å². The molecule has 94 valence electrons. The third-order valence-electron chi connectivity index (χ3n) is 2.76. The molecule has 1 aromatic carbocycles. The van der Waals surface area contributed by atoms with Crippen molar-refractivity contribution in [2.45, 2.75) is 32.6 Å². The quantitative estimate of drug-likeness (QED) is 0.793. The predicted molar refractivity (Wildman–Crippen MR) is 69.5 cm³/mol. The fourth-order valence-electron chi connectivity index (χ4n) is 1.74. The molecule has 0 radical (unpaired) electrons. The van der Waals surface area contributed by atoms with Crippen LogP contribution in [0.5, 0.6) is 0 Å². The van der Waals surface area contributed by atoms with E-state index in [-0.39, 0.29) is 5.78 Å². The normalized spacial score (nSPS) is 10.5. The van der Waals surface area contributed by atoms with Gasteiger partial charge in [0, 0.05) is 12.8 Å². The van der Waals surface area contributed by atoms with E-state index in [0.717, 1.165) is 30.7 Å². The van der Waals surface area contributed by atoms with Crippen molar-refractivity contribution >= 4 is 5.78 Å². The molecule has 0 aliphatic heterocycles. The molecule has 0 saturated heterocycles. The molecule has 0 amide bonds. The van der Waals surface area contributed by atoms with Crippen LogP contribution in [0.3, 0.4) is 0 Å². The summed E-state index contributed by atoms with van der Waals surface area (Å²) in [6.07, 6.45) is 3.36. The second kappa shape index (κ2) is 6.10. The van der Waals surface area contributed by atoms with Gasteiger partial charge in [0.1, 0.15) is 5.82 Å². The molecule has 2 rings (SSSR count). The Morgan fingerprint density at radius 2 is 2.06 bits per heavy atom. The third-order valence-corrected chi connectivity index (χ3v) is 2.76. The molecule has 1 heterocycles. The lowest BCUT2D eigenvalue weighted by molar-refractivity contribution is 0.0983. The number of benzene rings is 1. The Morgan fingerprint density at radius 3 is 2.78 bits per heavy atom. The molecule has 0 aliphatic rings. The van der Waals surface area contributed by atoms with Crippen LogP contribution in [-0.4, -0.2) is 21.0 Å². The molecule has 4 heteroatoms. The number of H-pyrrole nitrogens is 1. The molecular formula is C14H17N3O. The van der Waals surface area contributed by atoms with Gasteiger partial charge < -0.3 is 0 Å². The smallest absolute Gasteiger partial charge is 0.217 e. The molecular weight excluding hydrogens is 226 g/mol. The Kier molecular flexibility index (Phi) is 4.23. The summed E-state index contributed by atoms with van der Waals surface area (Å²) in [5, 5.41) is 6.80. The van der Waals surface area contributed by atoms with Gasteiger partial charge in [-0.1, -0.05) is 43.7 Å². The summed E-state index contributed by atoms with van der Waals surface area (Å²) in [4.78, 5) is 16.2. The average molecular weight is 243 g/mol. The minimum atomic E-state index is -0.0415. The maximum atomic E-state index is 12.0. The molecule has 1 N–H and O–H groups in total. The molecule has 0 fully saturated rings. The maximum Gasteiger partial charge on any atom is 0.217 e. The summed E-state index contributed by atoms with van der Waals surface area (Å²) in [5.74, 6) is 1.05. The molecule has 0 atom stereocenters. The van der Waals surface area contributed by atoms with E-state index in [1.54, 1.807) is 0 Å². The van der Waals surface area contributed by atoms with Crippen molar-refractivity contribution in [2.24, 2.45) is 0 Å².